The van der Waals surface area contributed by atoms with Crippen LogP contribution in [-0.4, -0.2) is 20.7 Å². The molecule has 0 heterocycles. The zero-order valence-corrected chi connectivity index (χ0v) is 19.5. The summed E-state index contributed by atoms with van der Waals surface area (Å²) in [5.74, 6) is -1.77. The fourth-order valence-electron chi connectivity index (χ4n) is 3.19. The third-order valence-corrected chi connectivity index (χ3v) is 6.69. The molecule has 3 N–H and O–H groups in total. The SMILES string of the molecule is NC(=O)C(NS(=O)(=O)c1cccc(OC(F)(F)F)c1)c1ccc(Cl)cc1Cc1ccccc1Cl. The van der Waals surface area contributed by atoms with Crippen LogP contribution in [0, 0.1) is 0 Å². The number of rotatable bonds is 8. The van der Waals surface area contributed by atoms with Gasteiger partial charge in [-0.25, -0.2) is 8.42 Å². The van der Waals surface area contributed by atoms with E-state index in [2.05, 4.69) is 9.46 Å². The van der Waals surface area contributed by atoms with Crippen LogP contribution in [0.4, 0.5) is 13.2 Å². The van der Waals surface area contributed by atoms with Gasteiger partial charge in [-0.3, -0.25) is 4.79 Å². The molecule has 3 aromatic carbocycles. The molecule has 34 heavy (non-hydrogen) atoms. The lowest BCUT2D eigenvalue weighted by Gasteiger charge is -2.20. The predicted octanol–water partition coefficient (Wildman–Crippen LogP) is 4.99. The number of benzene rings is 3. The number of carbonyl (C=O) groups excluding carboxylic acids is 1. The molecule has 0 aliphatic carbocycles. The molecule has 0 spiro atoms. The van der Waals surface area contributed by atoms with Crippen LogP contribution in [0.15, 0.2) is 71.6 Å². The maximum Gasteiger partial charge on any atom is 0.573 e. The lowest BCUT2D eigenvalue weighted by Crippen LogP contribution is -2.38. The maximum atomic E-state index is 12.9. The monoisotopic (exact) mass is 532 g/mol. The van der Waals surface area contributed by atoms with E-state index >= 15 is 0 Å². The molecule has 0 aromatic heterocycles. The van der Waals surface area contributed by atoms with E-state index in [4.69, 9.17) is 28.9 Å². The molecule has 0 aliphatic heterocycles. The lowest BCUT2D eigenvalue weighted by molar-refractivity contribution is -0.274. The molecule has 180 valence electrons. The number of nitrogens with two attached hydrogens (primary N) is 1. The van der Waals surface area contributed by atoms with E-state index in [9.17, 15) is 26.4 Å². The van der Waals surface area contributed by atoms with Crippen LogP contribution in [-0.2, 0) is 21.2 Å². The van der Waals surface area contributed by atoms with Gasteiger partial charge in [0.05, 0.1) is 4.90 Å². The molecule has 0 fully saturated rings. The molecule has 1 amide bonds. The number of sulfonamides is 1. The minimum Gasteiger partial charge on any atom is -0.406 e. The molecule has 6 nitrogen and oxygen atoms in total. The maximum absolute atomic E-state index is 12.9. The van der Waals surface area contributed by atoms with Crippen molar-refractivity contribution in [1.82, 2.24) is 4.72 Å². The largest absolute Gasteiger partial charge is 0.573 e. The molecular formula is C22H17Cl2F3N2O4S. The third-order valence-electron chi connectivity index (χ3n) is 4.66. The lowest BCUT2D eigenvalue weighted by atomic mass is 9.95. The Labute approximate surface area is 203 Å². The number of alkyl halides is 3. The molecule has 1 atom stereocenters. The van der Waals surface area contributed by atoms with Gasteiger partial charge in [0.1, 0.15) is 11.8 Å². The summed E-state index contributed by atoms with van der Waals surface area (Å²) in [5.41, 5.74) is 6.87. The number of halogens is 5. The molecular weight excluding hydrogens is 516 g/mol. The highest BCUT2D eigenvalue weighted by molar-refractivity contribution is 7.89. The molecule has 0 radical (unpaired) electrons. The molecule has 12 heteroatoms. The van der Waals surface area contributed by atoms with Crippen molar-refractivity contribution in [2.45, 2.75) is 23.7 Å². The van der Waals surface area contributed by atoms with Crippen molar-refractivity contribution in [3.8, 4) is 5.75 Å². The van der Waals surface area contributed by atoms with Crippen molar-refractivity contribution < 1.29 is 31.1 Å². The van der Waals surface area contributed by atoms with E-state index in [0.717, 1.165) is 18.2 Å². The van der Waals surface area contributed by atoms with Crippen LogP contribution in [0.1, 0.15) is 22.7 Å². The van der Waals surface area contributed by atoms with E-state index in [1.54, 1.807) is 30.3 Å². The van der Waals surface area contributed by atoms with Gasteiger partial charge in [0, 0.05) is 16.1 Å². The smallest absolute Gasteiger partial charge is 0.406 e. The van der Waals surface area contributed by atoms with Crippen molar-refractivity contribution in [3.05, 3.63) is 93.5 Å². The van der Waals surface area contributed by atoms with Gasteiger partial charge in [-0.15, -0.1) is 13.2 Å². The van der Waals surface area contributed by atoms with Gasteiger partial charge in [-0.2, -0.15) is 4.72 Å². The first-order chi connectivity index (χ1) is 15.9. The first kappa shape index (κ1) is 25.8. The van der Waals surface area contributed by atoms with Gasteiger partial charge in [0.15, 0.2) is 0 Å². The Morgan fingerprint density at radius 3 is 2.35 bits per heavy atom. The van der Waals surface area contributed by atoms with Crippen molar-refractivity contribution in [2.24, 2.45) is 5.73 Å². The topological polar surface area (TPSA) is 98.5 Å². The Hall–Kier alpha value is -2.79. The number of amides is 1. The fourth-order valence-corrected chi connectivity index (χ4v) is 4.81. The Bertz CT molecular complexity index is 1320. The van der Waals surface area contributed by atoms with E-state index in [1.165, 1.54) is 12.1 Å². The third kappa shape index (κ3) is 6.63. The second-order valence-electron chi connectivity index (χ2n) is 7.09. The molecule has 0 saturated carbocycles. The summed E-state index contributed by atoms with van der Waals surface area (Å²) in [7, 11) is -4.50. The average molecular weight is 533 g/mol. The van der Waals surface area contributed by atoms with Crippen LogP contribution in [0.3, 0.4) is 0 Å². The highest BCUT2D eigenvalue weighted by Crippen LogP contribution is 2.29. The number of hydrogen-bond acceptors (Lipinski definition) is 4. The molecule has 0 bridgehead atoms. The second-order valence-corrected chi connectivity index (χ2v) is 9.65. The summed E-state index contributed by atoms with van der Waals surface area (Å²) < 4.78 is 69.4. The fraction of sp³-hybridized carbons (Fsp3) is 0.136. The summed E-state index contributed by atoms with van der Waals surface area (Å²) in [6, 6.07) is 13.6. The second kappa shape index (κ2) is 10.2. The normalized spacial score (nSPS) is 12.9. The van der Waals surface area contributed by atoms with Gasteiger partial charge in [0.2, 0.25) is 15.9 Å². The first-order valence-electron chi connectivity index (χ1n) is 9.55. The summed E-state index contributed by atoms with van der Waals surface area (Å²) in [6.07, 6.45) is -4.81. The quantitative estimate of drug-likeness (QED) is 0.427. The predicted molar refractivity (Wildman–Crippen MR) is 121 cm³/mol. The van der Waals surface area contributed by atoms with E-state index in [-0.39, 0.29) is 12.0 Å². The van der Waals surface area contributed by atoms with Crippen LogP contribution >= 0.6 is 23.2 Å². The number of nitrogens with one attached hydrogen (secondary N) is 1. The number of ether oxygens (including phenoxy) is 1. The molecule has 3 aromatic rings. The van der Waals surface area contributed by atoms with Gasteiger partial charge in [-0.1, -0.05) is 53.5 Å². The molecule has 0 aliphatic rings. The van der Waals surface area contributed by atoms with Crippen LogP contribution < -0.4 is 15.2 Å². The number of hydrogen-bond donors (Lipinski definition) is 2. The van der Waals surface area contributed by atoms with Crippen LogP contribution in [0.5, 0.6) is 5.75 Å². The highest BCUT2D eigenvalue weighted by atomic mass is 35.5. The summed E-state index contributed by atoms with van der Waals surface area (Å²) in [5, 5.41) is 0.778. The van der Waals surface area contributed by atoms with Crippen molar-refractivity contribution in [1.29, 1.82) is 0 Å². The van der Waals surface area contributed by atoms with Gasteiger partial charge >= 0.3 is 6.36 Å². The minimum atomic E-state index is -5.01. The Morgan fingerprint density at radius 2 is 1.71 bits per heavy atom. The number of primary amides is 1. The van der Waals surface area contributed by atoms with Crippen molar-refractivity contribution in [2.75, 3.05) is 0 Å². The first-order valence-corrected chi connectivity index (χ1v) is 11.8. The standard InChI is InChI=1S/C22H17Cl2F3N2O4S/c23-15-8-9-18(14(11-15)10-13-4-1-2-7-19(13)24)20(21(28)30)29-34(31,32)17-6-3-5-16(12-17)33-22(25,26)27/h1-9,11-12,20,29H,10H2,(H2,28,30). The molecule has 3 rings (SSSR count). The highest BCUT2D eigenvalue weighted by Gasteiger charge is 2.32. The Kier molecular flexibility index (Phi) is 7.77. The van der Waals surface area contributed by atoms with Crippen molar-refractivity contribution >= 4 is 39.1 Å². The molecule has 0 saturated heterocycles. The minimum absolute atomic E-state index is 0.204. The average Bonchev–Trinajstić information content (AvgIpc) is 2.73. The molecule has 1 unspecified atom stereocenters. The summed E-state index contributed by atoms with van der Waals surface area (Å²) in [6.45, 7) is 0. The number of carbonyl (C=O) groups is 1. The van der Waals surface area contributed by atoms with Crippen molar-refractivity contribution in [3.63, 3.8) is 0 Å². The van der Waals surface area contributed by atoms with E-state index < -0.39 is 39.0 Å². The van der Waals surface area contributed by atoms with E-state index in [1.807, 2.05) is 0 Å². The Morgan fingerprint density at radius 1 is 1.00 bits per heavy atom. The summed E-state index contributed by atoms with van der Waals surface area (Å²) >= 11 is 12.3. The van der Waals surface area contributed by atoms with Gasteiger partial charge < -0.3 is 10.5 Å². The Balaban J connectivity index is 1.98. The summed E-state index contributed by atoms with van der Waals surface area (Å²) in [4.78, 5) is 11.7. The van der Waals surface area contributed by atoms with Gasteiger partial charge in [-0.05, 0) is 53.4 Å². The van der Waals surface area contributed by atoms with Crippen LogP contribution in [0.2, 0.25) is 10.0 Å². The van der Waals surface area contributed by atoms with Gasteiger partial charge in [0.25, 0.3) is 0 Å². The zero-order chi connectivity index (χ0) is 25.1. The van der Waals surface area contributed by atoms with Crippen LogP contribution in [0.25, 0.3) is 0 Å². The van der Waals surface area contributed by atoms with E-state index in [0.29, 0.717) is 27.2 Å². The zero-order valence-electron chi connectivity index (χ0n) is 17.1.